The fourth-order valence-electron chi connectivity index (χ4n) is 2.40. The minimum absolute atomic E-state index is 0.0498. The third kappa shape index (κ3) is 6.24. The van der Waals surface area contributed by atoms with Crippen LogP contribution in [0.1, 0.15) is 49.3 Å². The highest BCUT2D eigenvalue weighted by Crippen LogP contribution is 2.29. The molecule has 0 saturated carbocycles. The molecule has 0 aliphatic heterocycles. The summed E-state index contributed by atoms with van der Waals surface area (Å²) in [6.07, 6.45) is -2.78. The van der Waals surface area contributed by atoms with Crippen molar-refractivity contribution in [3.8, 4) is 5.88 Å². The van der Waals surface area contributed by atoms with Crippen molar-refractivity contribution in [1.29, 1.82) is 0 Å². The molecule has 0 bridgehead atoms. The van der Waals surface area contributed by atoms with Gasteiger partial charge in [0, 0.05) is 17.8 Å². The van der Waals surface area contributed by atoms with Crippen LogP contribution in [0.5, 0.6) is 5.88 Å². The zero-order valence-corrected chi connectivity index (χ0v) is 17.2. The van der Waals surface area contributed by atoms with Crippen LogP contribution in [-0.2, 0) is 24.2 Å². The van der Waals surface area contributed by atoms with E-state index < -0.39 is 11.7 Å². The van der Waals surface area contributed by atoms with Crippen LogP contribution >= 0.6 is 0 Å². The van der Waals surface area contributed by atoms with E-state index in [1.54, 1.807) is 25.3 Å². The van der Waals surface area contributed by atoms with Crippen molar-refractivity contribution in [3.63, 3.8) is 0 Å². The molecule has 3 aromatic rings. The van der Waals surface area contributed by atoms with Gasteiger partial charge in [-0.2, -0.15) is 18.0 Å². The van der Waals surface area contributed by atoms with Gasteiger partial charge in [-0.25, -0.2) is 4.98 Å². The molecular formula is C20H21F3N6O2. The first-order valence-corrected chi connectivity index (χ1v) is 9.42. The lowest BCUT2D eigenvalue weighted by Gasteiger charge is -2.07. The van der Waals surface area contributed by atoms with Crippen LogP contribution < -0.4 is 4.74 Å². The molecule has 0 amide bonds. The van der Waals surface area contributed by atoms with E-state index in [4.69, 9.17) is 9.57 Å². The Balaban J connectivity index is 1.50. The Labute approximate surface area is 176 Å². The van der Waals surface area contributed by atoms with Gasteiger partial charge in [-0.15, -0.1) is 10.2 Å². The normalized spacial score (nSPS) is 12.3. The molecule has 0 spiro atoms. The number of alkyl halides is 3. The Bertz CT molecular complexity index is 1010. The number of hydrogen-bond acceptors (Lipinski definition) is 7. The maximum absolute atomic E-state index is 12.6. The van der Waals surface area contributed by atoms with E-state index >= 15 is 0 Å². The number of pyridine rings is 1. The molecule has 0 atom stereocenters. The number of aromatic nitrogens is 5. The van der Waals surface area contributed by atoms with Crippen molar-refractivity contribution in [3.05, 3.63) is 65.1 Å². The van der Waals surface area contributed by atoms with Gasteiger partial charge in [-0.3, -0.25) is 0 Å². The molecule has 0 fully saturated rings. The van der Waals surface area contributed by atoms with Crippen molar-refractivity contribution < 1.29 is 22.7 Å². The Hall–Kier alpha value is -3.50. The Morgan fingerprint density at radius 2 is 1.84 bits per heavy atom. The van der Waals surface area contributed by atoms with E-state index in [0.29, 0.717) is 28.5 Å². The Kier molecular flexibility index (Phi) is 6.83. The highest BCUT2D eigenvalue weighted by molar-refractivity contribution is 5.98. The van der Waals surface area contributed by atoms with E-state index in [2.05, 4.69) is 25.6 Å². The molecule has 164 valence electrons. The highest BCUT2D eigenvalue weighted by atomic mass is 19.4. The minimum atomic E-state index is -4.36. The molecule has 8 nitrogen and oxygen atoms in total. The largest absolute Gasteiger partial charge is 0.469 e. The molecule has 3 rings (SSSR count). The fraction of sp³-hybridized carbons (Fsp3) is 0.350. The van der Waals surface area contributed by atoms with Crippen LogP contribution in [0.15, 0.2) is 47.8 Å². The number of hydrogen-bond donors (Lipinski definition) is 0. The number of ether oxygens (including phenoxy) is 1. The van der Waals surface area contributed by atoms with Gasteiger partial charge in [0.25, 0.3) is 0 Å². The van der Waals surface area contributed by atoms with Crippen LogP contribution in [0.4, 0.5) is 13.2 Å². The number of halogens is 3. The molecule has 0 unspecified atom stereocenters. The molecule has 0 radical (unpaired) electrons. The van der Waals surface area contributed by atoms with Crippen molar-refractivity contribution in [2.24, 2.45) is 5.16 Å². The van der Waals surface area contributed by atoms with Crippen LogP contribution in [-0.4, -0.2) is 30.9 Å². The summed E-state index contributed by atoms with van der Waals surface area (Å²) in [5.41, 5.74) is 1.15. The lowest BCUT2D eigenvalue weighted by atomic mass is 10.1. The second-order valence-electron chi connectivity index (χ2n) is 6.94. The molecule has 2 heterocycles. The van der Waals surface area contributed by atoms with Crippen molar-refractivity contribution in [2.45, 2.75) is 46.2 Å². The molecule has 11 heteroatoms. The van der Waals surface area contributed by atoms with E-state index in [9.17, 15) is 13.2 Å². The average molecular weight is 434 g/mol. The monoisotopic (exact) mass is 434 g/mol. The molecule has 0 aliphatic rings. The predicted molar refractivity (Wildman–Crippen MR) is 105 cm³/mol. The molecule has 1 aromatic carbocycles. The SMILES string of the molecule is C/C(=N\OCc1ccc(C(F)(F)F)cc1)c1ccc(OCc2nnn(C(C)C)n2)nc1. The summed E-state index contributed by atoms with van der Waals surface area (Å²) in [5.74, 6) is 0.845. The van der Waals surface area contributed by atoms with Crippen molar-refractivity contribution in [1.82, 2.24) is 25.2 Å². The minimum Gasteiger partial charge on any atom is -0.469 e. The van der Waals surface area contributed by atoms with E-state index in [0.717, 1.165) is 12.1 Å². The summed E-state index contributed by atoms with van der Waals surface area (Å²) >= 11 is 0. The molecule has 31 heavy (non-hydrogen) atoms. The third-order valence-electron chi connectivity index (χ3n) is 4.15. The summed E-state index contributed by atoms with van der Waals surface area (Å²) in [6, 6.07) is 8.29. The summed E-state index contributed by atoms with van der Waals surface area (Å²) in [4.78, 5) is 10.9. The predicted octanol–water partition coefficient (Wildman–Crippen LogP) is 4.19. The first-order chi connectivity index (χ1) is 14.7. The second-order valence-corrected chi connectivity index (χ2v) is 6.94. The first-order valence-electron chi connectivity index (χ1n) is 9.42. The first kappa shape index (κ1) is 22.2. The van der Waals surface area contributed by atoms with Gasteiger partial charge in [-0.1, -0.05) is 17.3 Å². The van der Waals surface area contributed by atoms with Gasteiger partial charge >= 0.3 is 6.18 Å². The van der Waals surface area contributed by atoms with Crippen molar-refractivity contribution in [2.75, 3.05) is 0 Å². The van der Waals surface area contributed by atoms with Crippen molar-refractivity contribution >= 4 is 5.71 Å². The van der Waals surface area contributed by atoms with Crippen LogP contribution in [0.25, 0.3) is 0 Å². The highest BCUT2D eigenvalue weighted by Gasteiger charge is 2.29. The van der Waals surface area contributed by atoms with E-state index in [1.807, 2.05) is 13.8 Å². The van der Waals surface area contributed by atoms with Crippen LogP contribution in [0.2, 0.25) is 0 Å². The average Bonchev–Trinajstić information content (AvgIpc) is 3.22. The van der Waals surface area contributed by atoms with Gasteiger partial charge in [0.15, 0.2) is 6.61 Å². The maximum atomic E-state index is 12.6. The van der Waals surface area contributed by atoms with Gasteiger partial charge < -0.3 is 9.57 Å². The lowest BCUT2D eigenvalue weighted by Crippen LogP contribution is -2.06. The second kappa shape index (κ2) is 9.54. The third-order valence-corrected chi connectivity index (χ3v) is 4.15. The Morgan fingerprint density at radius 1 is 1.10 bits per heavy atom. The van der Waals surface area contributed by atoms with E-state index in [-0.39, 0.29) is 19.3 Å². The van der Waals surface area contributed by atoms with Gasteiger partial charge in [-0.05, 0) is 49.7 Å². The molecular weight excluding hydrogens is 413 g/mol. The fourth-order valence-corrected chi connectivity index (χ4v) is 2.40. The van der Waals surface area contributed by atoms with Gasteiger partial charge in [0.1, 0.15) is 6.61 Å². The smallest absolute Gasteiger partial charge is 0.416 e. The number of rotatable bonds is 8. The topological polar surface area (TPSA) is 87.3 Å². The Morgan fingerprint density at radius 3 is 2.42 bits per heavy atom. The molecule has 2 aromatic heterocycles. The number of benzene rings is 1. The van der Waals surface area contributed by atoms with Crippen LogP contribution in [0.3, 0.4) is 0 Å². The number of tetrazole rings is 1. The summed E-state index contributed by atoms with van der Waals surface area (Å²) in [5, 5.41) is 16.0. The van der Waals surface area contributed by atoms with Gasteiger partial charge in [0.05, 0.1) is 17.3 Å². The zero-order valence-electron chi connectivity index (χ0n) is 17.2. The van der Waals surface area contributed by atoms with Crippen LogP contribution in [0, 0.1) is 0 Å². The lowest BCUT2D eigenvalue weighted by molar-refractivity contribution is -0.137. The maximum Gasteiger partial charge on any atom is 0.416 e. The van der Waals surface area contributed by atoms with E-state index in [1.165, 1.54) is 16.9 Å². The number of nitrogens with zero attached hydrogens (tertiary/aromatic N) is 6. The molecule has 0 N–H and O–H groups in total. The number of oxime groups is 1. The quantitative estimate of drug-likeness (QED) is 0.390. The molecule has 0 saturated heterocycles. The summed E-state index contributed by atoms with van der Waals surface area (Å²) < 4.78 is 43.3. The zero-order chi connectivity index (χ0) is 22.4. The summed E-state index contributed by atoms with van der Waals surface area (Å²) in [7, 11) is 0. The standard InChI is InChI=1S/C20H21F3N6O2/c1-13(2)29-26-18(25-28-29)12-30-19-9-6-16(10-24-19)14(3)27-31-11-15-4-7-17(8-5-15)20(21,22)23/h4-10,13H,11-12H2,1-3H3/b27-14+. The van der Waals surface area contributed by atoms with Gasteiger partial charge in [0.2, 0.25) is 11.7 Å². The molecule has 0 aliphatic carbocycles. The summed E-state index contributed by atoms with van der Waals surface area (Å²) in [6.45, 7) is 5.82.